The molecule has 4 aliphatic heterocycles. The van der Waals surface area contributed by atoms with Crippen LogP contribution in [0.2, 0.25) is 0 Å². The van der Waals surface area contributed by atoms with Gasteiger partial charge in [0.1, 0.15) is 17.8 Å². The van der Waals surface area contributed by atoms with Crippen LogP contribution in [0.4, 0.5) is 9.59 Å². The topological polar surface area (TPSA) is 139 Å². The molecule has 0 bridgehead atoms. The molecule has 0 saturated carbocycles. The van der Waals surface area contributed by atoms with Gasteiger partial charge in [-0.1, -0.05) is 76.2 Å². The maximum Gasteiger partial charge on any atom is 0.407 e. The van der Waals surface area contributed by atoms with Gasteiger partial charge >= 0.3 is 12.2 Å². The van der Waals surface area contributed by atoms with Crippen molar-refractivity contribution in [3.63, 3.8) is 0 Å². The average Bonchev–Trinajstić information content (AvgIpc) is 4.07. The van der Waals surface area contributed by atoms with Gasteiger partial charge in [0, 0.05) is 43.4 Å². The summed E-state index contributed by atoms with van der Waals surface area (Å²) in [7, 11) is 2.62. The molecule has 12 heteroatoms. The van der Waals surface area contributed by atoms with Crippen molar-refractivity contribution in [1.29, 1.82) is 0 Å². The van der Waals surface area contributed by atoms with Crippen LogP contribution < -0.4 is 10.6 Å². The van der Waals surface area contributed by atoms with E-state index in [2.05, 4.69) is 59.2 Å². The number of carbonyl (C=O) groups is 4. The van der Waals surface area contributed by atoms with E-state index in [0.717, 1.165) is 84.2 Å². The second-order valence-corrected chi connectivity index (χ2v) is 16.6. The number of ether oxygens (including phenoxy) is 3. The van der Waals surface area contributed by atoms with Crippen LogP contribution in [0.25, 0.3) is 22.3 Å². The molecule has 2 N–H and O–H groups in total. The summed E-state index contributed by atoms with van der Waals surface area (Å²) in [5, 5.41) is 5.50. The summed E-state index contributed by atoms with van der Waals surface area (Å²) >= 11 is 0. The van der Waals surface area contributed by atoms with E-state index in [4.69, 9.17) is 19.2 Å². The lowest BCUT2D eigenvalue weighted by atomic mass is 9.93. The summed E-state index contributed by atoms with van der Waals surface area (Å²) < 4.78 is 16.0. The number of hydrogen-bond acceptors (Lipinski definition) is 8. The zero-order valence-corrected chi connectivity index (χ0v) is 34.6. The molecule has 3 saturated heterocycles. The maximum absolute atomic E-state index is 13.9. The first-order valence-electron chi connectivity index (χ1n) is 20.8. The molecule has 0 radical (unpaired) electrons. The van der Waals surface area contributed by atoms with Crippen molar-refractivity contribution in [3.05, 3.63) is 82.8 Å². The fraction of sp³-hybridized carbons (Fsp3) is 0.500. The number of amides is 4. The Bertz CT molecular complexity index is 2030. The number of methoxy groups -OCH3 is 2. The molecule has 2 aromatic rings. The van der Waals surface area contributed by atoms with Crippen molar-refractivity contribution in [2.45, 2.75) is 103 Å². The lowest BCUT2D eigenvalue weighted by Gasteiger charge is -2.32. The normalized spacial score (nSPS) is 21.4. The Morgan fingerprint density at radius 1 is 0.690 bits per heavy atom. The molecule has 2 aromatic carbocycles. The third-order valence-corrected chi connectivity index (χ3v) is 12.3. The van der Waals surface area contributed by atoms with Gasteiger partial charge < -0.3 is 34.6 Å². The molecule has 3 fully saturated rings. The van der Waals surface area contributed by atoms with Crippen LogP contribution in [-0.2, 0) is 23.8 Å². The van der Waals surface area contributed by atoms with Gasteiger partial charge in [0.05, 0.1) is 32.9 Å². The molecule has 0 unspecified atom stereocenters. The zero-order valence-electron chi connectivity index (χ0n) is 34.6. The van der Waals surface area contributed by atoms with Crippen molar-refractivity contribution >= 4 is 40.9 Å². The predicted molar refractivity (Wildman–Crippen MR) is 223 cm³/mol. The molecule has 1 aliphatic carbocycles. The average molecular weight is 792 g/mol. The van der Waals surface area contributed by atoms with Crippen molar-refractivity contribution in [2.75, 3.05) is 33.9 Å². The van der Waals surface area contributed by atoms with Gasteiger partial charge in [0.15, 0.2) is 0 Å². The predicted octanol–water partition coefficient (Wildman–Crippen LogP) is 7.50. The summed E-state index contributed by atoms with van der Waals surface area (Å²) in [5.41, 5.74) is 10.2. The third-order valence-electron chi connectivity index (χ3n) is 12.3. The molecule has 0 aromatic heterocycles. The number of likely N-dealkylation sites (tertiary alicyclic amines) is 2. The number of aliphatic imine (C=N–C) groups is 1. The number of allylic oxidation sites excluding steroid dienone is 3. The highest BCUT2D eigenvalue weighted by Gasteiger charge is 2.42. The fourth-order valence-electron chi connectivity index (χ4n) is 9.22. The first-order valence-corrected chi connectivity index (χ1v) is 20.8. The summed E-state index contributed by atoms with van der Waals surface area (Å²) in [5.74, 6) is 0.650. The standard InChI is InChI=1S/C46H57N5O7/c1-27(2)40(48-45(54)56-5)43(52)50-21-7-11-38(50)36-25-35(42-34(36)10-9-23-58-42)32-19-17-30(18-20-32)29-13-15-31(16-14-29)33-24-37(47-26-33)39-12-8-22-51(39)44(53)41(28(3)4)49-46(55)57-6/h13-20,26-28,38-41H,7-12,21-25H2,1-6H3,(H,48,54)(H,49,55)/t38-,39+,40+,41+/m1/s1. The van der Waals surface area contributed by atoms with Gasteiger partial charge in [-0.15, -0.1) is 0 Å². The van der Waals surface area contributed by atoms with Crippen LogP contribution in [0.15, 0.2) is 76.6 Å². The van der Waals surface area contributed by atoms with Crippen LogP contribution in [-0.4, -0.2) is 97.6 Å². The molecule has 0 spiro atoms. The quantitative estimate of drug-likeness (QED) is 0.240. The van der Waals surface area contributed by atoms with Crippen LogP contribution >= 0.6 is 0 Å². The highest BCUT2D eigenvalue weighted by molar-refractivity contribution is 6.04. The smallest absolute Gasteiger partial charge is 0.407 e. The molecule has 4 amide bonds. The van der Waals surface area contributed by atoms with Gasteiger partial charge in [-0.2, -0.15) is 0 Å². The molecular formula is C46H57N5O7. The lowest BCUT2D eigenvalue weighted by molar-refractivity contribution is -0.135. The SMILES string of the molecule is COC(=O)N[C@H](C(=O)N1CCC[C@@H]1C1=C2CCCOC2=C(c2ccc(-c3ccc(C4=CN=C([C@@H]5CCCN5C(=O)[C@@H](NC(=O)OC)C(C)C)C4)cc3)cc2)C1)C(C)C. The van der Waals surface area contributed by atoms with E-state index in [1.54, 1.807) is 0 Å². The summed E-state index contributed by atoms with van der Waals surface area (Å²) in [6.45, 7) is 9.70. The number of benzene rings is 2. The third kappa shape index (κ3) is 8.29. The minimum absolute atomic E-state index is 0.0289. The number of alkyl carbamates (subject to hydrolysis) is 2. The molecule has 7 rings (SSSR count). The summed E-state index contributed by atoms with van der Waals surface area (Å²) in [6.07, 6.45) is 7.55. The van der Waals surface area contributed by atoms with Gasteiger partial charge in [-0.3, -0.25) is 14.6 Å². The first kappa shape index (κ1) is 40.8. The van der Waals surface area contributed by atoms with Crippen molar-refractivity contribution < 1.29 is 33.4 Å². The fourth-order valence-corrected chi connectivity index (χ4v) is 9.22. The van der Waals surface area contributed by atoms with Crippen LogP contribution in [0.3, 0.4) is 0 Å². The molecule has 58 heavy (non-hydrogen) atoms. The Labute approximate surface area is 341 Å². The van der Waals surface area contributed by atoms with Crippen LogP contribution in [0, 0.1) is 11.8 Å². The molecule has 5 aliphatic rings. The second kappa shape index (κ2) is 17.6. The van der Waals surface area contributed by atoms with Crippen molar-refractivity contribution in [2.24, 2.45) is 16.8 Å². The first-order chi connectivity index (χ1) is 28.0. The van der Waals surface area contributed by atoms with Crippen molar-refractivity contribution in [3.8, 4) is 11.1 Å². The minimum Gasteiger partial charge on any atom is -0.493 e. The number of hydrogen-bond donors (Lipinski definition) is 2. The highest BCUT2D eigenvalue weighted by Crippen LogP contribution is 2.47. The van der Waals surface area contributed by atoms with Crippen molar-refractivity contribution in [1.82, 2.24) is 20.4 Å². The Morgan fingerprint density at radius 3 is 1.76 bits per heavy atom. The number of carbonyl (C=O) groups excluding carboxylic acids is 4. The second-order valence-electron chi connectivity index (χ2n) is 16.6. The Kier molecular flexibility index (Phi) is 12.4. The Hall–Kier alpha value is -5.39. The van der Waals surface area contributed by atoms with E-state index in [9.17, 15) is 19.2 Å². The minimum atomic E-state index is -0.659. The molecule has 4 heterocycles. The molecule has 12 nitrogen and oxygen atoms in total. The van der Waals surface area contributed by atoms with Gasteiger partial charge in [0.25, 0.3) is 0 Å². The zero-order chi connectivity index (χ0) is 41.1. The van der Waals surface area contributed by atoms with Crippen LogP contribution in [0.1, 0.15) is 90.2 Å². The van der Waals surface area contributed by atoms with E-state index < -0.39 is 24.3 Å². The number of nitrogens with zero attached hydrogens (tertiary/aromatic N) is 3. The highest BCUT2D eigenvalue weighted by atomic mass is 16.5. The van der Waals surface area contributed by atoms with E-state index in [1.165, 1.54) is 30.9 Å². The monoisotopic (exact) mass is 791 g/mol. The van der Waals surface area contributed by atoms with Gasteiger partial charge in [0.2, 0.25) is 11.8 Å². The summed E-state index contributed by atoms with van der Waals surface area (Å²) in [4.78, 5) is 60.3. The van der Waals surface area contributed by atoms with E-state index >= 15 is 0 Å². The van der Waals surface area contributed by atoms with E-state index in [0.29, 0.717) is 26.1 Å². The van der Waals surface area contributed by atoms with Crippen LogP contribution in [0.5, 0.6) is 0 Å². The Morgan fingerprint density at radius 2 is 1.21 bits per heavy atom. The lowest BCUT2D eigenvalue weighted by Crippen LogP contribution is -2.53. The van der Waals surface area contributed by atoms with E-state index in [1.807, 2.05) is 43.7 Å². The molecule has 308 valence electrons. The number of rotatable bonds is 11. The number of fused-ring (bicyclic) bond motifs is 1. The van der Waals surface area contributed by atoms with Gasteiger partial charge in [-0.05, 0) is 89.3 Å². The van der Waals surface area contributed by atoms with E-state index in [-0.39, 0.29) is 35.7 Å². The molecule has 4 atom stereocenters. The molecular weight excluding hydrogens is 735 g/mol. The Balaban J connectivity index is 1.01. The van der Waals surface area contributed by atoms with Gasteiger partial charge in [-0.25, -0.2) is 9.59 Å². The largest absolute Gasteiger partial charge is 0.493 e. The summed E-state index contributed by atoms with van der Waals surface area (Å²) in [6, 6.07) is 15.8. The maximum atomic E-state index is 13.9. The number of nitrogens with one attached hydrogen (secondary N) is 2.